The van der Waals surface area contributed by atoms with Gasteiger partial charge in [0.05, 0.1) is 20.3 Å². The monoisotopic (exact) mass is 263 g/mol. The van der Waals surface area contributed by atoms with E-state index in [0.29, 0.717) is 13.2 Å². The van der Waals surface area contributed by atoms with E-state index in [1.54, 1.807) is 7.11 Å². The van der Waals surface area contributed by atoms with Gasteiger partial charge in [0.25, 0.3) is 0 Å². The highest BCUT2D eigenvalue weighted by Crippen LogP contribution is 2.27. The molecule has 0 aliphatic heterocycles. The number of hydrogen-bond donors (Lipinski definition) is 1. The van der Waals surface area contributed by atoms with Crippen molar-refractivity contribution in [3.63, 3.8) is 0 Å². The van der Waals surface area contributed by atoms with Crippen LogP contribution in [0.3, 0.4) is 0 Å². The van der Waals surface area contributed by atoms with Crippen LogP contribution >= 0.6 is 0 Å². The molecule has 1 aliphatic carbocycles. The lowest BCUT2D eigenvalue weighted by atomic mass is 9.83. The summed E-state index contributed by atoms with van der Waals surface area (Å²) in [6.07, 6.45) is 5.93. The zero-order chi connectivity index (χ0) is 13.7. The molecule has 2 rings (SSSR count). The molecule has 106 valence electrons. The van der Waals surface area contributed by atoms with Crippen LogP contribution in [0.1, 0.15) is 43.2 Å². The van der Waals surface area contributed by atoms with E-state index < -0.39 is 0 Å². The van der Waals surface area contributed by atoms with Crippen LogP contribution < -0.4 is 10.5 Å². The molecule has 3 nitrogen and oxygen atoms in total. The molecule has 0 heterocycles. The second-order valence-electron chi connectivity index (χ2n) is 5.73. The fourth-order valence-corrected chi connectivity index (χ4v) is 2.78. The normalized spacial score (nSPS) is 18.3. The van der Waals surface area contributed by atoms with Crippen molar-refractivity contribution in [2.45, 2.75) is 51.2 Å². The lowest BCUT2D eigenvalue weighted by Gasteiger charge is -2.33. The number of ether oxygens (including phenoxy) is 2. The number of nitrogens with two attached hydrogens (primary N) is 1. The van der Waals surface area contributed by atoms with E-state index in [1.807, 2.05) is 12.1 Å². The number of rotatable bonds is 5. The quantitative estimate of drug-likeness (QED) is 0.887. The van der Waals surface area contributed by atoms with Crippen molar-refractivity contribution in [3.8, 4) is 5.75 Å². The largest absolute Gasteiger partial charge is 0.496 e. The summed E-state index contributed by atoms with van der Waals surface area (Å²) in [5.74, 6) is 0.889. The fourth-order valence-electron chi connectivity index (χ4n) is 2.78. The predicted molar refractivity (Wildman–Crippen MR) is 77.4 cm³/mol. The standard InChI is InChI=1S/C16H25NO2/c1-13-6-7-15(18-2)14(10-13)11-19-12-16(17)8-4-3-5-9-16/h6-7,10H,3-5,8-9,11-12,17H2,1-2H3. The van der Waals surface area contributed by atoms with Gasteiger partial charge < -0.3 is 15.2 Å². The average Bonchev–Trinajstić information content (AvgIpc) is 2.40. The van der Waals surface area contributed by atoms with Crippen LogP contribution in [0.5, 0.6) is 5.75 Å². The van der Waals surface area contributed by atoms with Crippen LogP contribution in [0, 0.1) is 6.92 Å². The first-order chi connectivity index (χ1) is 9.13. The first kappa shape index (κ1) is 14.4. The first-order valence-electron chi connectivity index (χ1n) is 7.13. The molecule has 0 unspecified atom stereocenters. The summed E-state index contributed by atoms with van der Waals surface area (Å²) in [5, 5.41) is 0. The van der Waals surface area contributed by atoms with E-state index in [-0.39, 0.29) is 5.54 Å². The minimum atomic E-state index is -0.116. The summed E-state index contributed by atoms with van der Waals surface area (Å²) in [6, 6.07) is 6.16. The van der Waals surface area contributed by atoms with E-state index in [9.17, 15) is 0 Å². The van der Waals surface area contributed by atoms with Gasteiger partial charge in [-0.15, -0.1) is 0 Å². The fraction of sp³-hybridized carbons (Fsp3) is 0.625. The molecule has 1 aromatic rings. The Balaban J connectivity index is 1.90. The maximum absolute atomic E-state index is 6.37. The summed E-state index contributed by atoms with van der Waals surface area (Å²) >= 11 is 0. The van der Waals surface area contributed by atoms with Crippen molar-refractivity contribution in [3.05, 3.63) is 29.3 Å². The summed E-state index contributed by atoms with van der Waals surface area (Å²) in [4.78, 5) is 0. The minimum absolute atomic E-state index is 0.116. The van der Waals surface area contributed by atoms with Crippen LogP contribution in [0.25, 0.3) is 0 Å². The molecule has 0 bridgehead atoms. The van der Waals surface area contributed by atoms with Gasteiger partial charge in [-0.05, 0) is 25.8 Å². The Labute approximate surface area is 116 Å². The minimum Gasteiger partial charge on any atom is -0.496 e. The molecule has 0 atom stereocenters. The van der Waals surface area contributed by atoms with Gasteiger partial charge in [-0.1, -0.05) is 37.0 Å². The molecule has 0 radical (unpaired) electrons. The Morgan fingerprint density at radius 1 is 1.21 bits per heavy atom. The molecular formula is C16H25NO2. The Kier molecular flexibility index (Phi) is 4.83. The smallest absolute Gasteiger partial charge is 0.124 e. The van der Waals surface area contributed by atoms with Gasteiger partial charge in [-0.3, -0.25) is 0 Å². The molecule has 1 saturated carbocycles. The van der Waals surface area contributed by atoms with Crippen LogP contribution in [-0.2, 0) is 11.3 Å². The highest BCUT2D eigenvalue weighted by molar-refractivity contribution is 5.36. The van der Waals surface area contributed by atoms with E-state index >= 15 is 0 Å². The van der Waals surface area contributed by atoms with Crippen molar-refractivity contribution in [2.75, 3.05) is 13.7 Å². The molecule has 0 saturated heterocycles. The van der Waals surface area contributed by atoms with Crippen LogP contribution in [-0.4, -0.2) is 19.3 Å². The molecular weight excluding hydrogens is 238 g/mol. The molecule has 1 fully saturated rings. The Morgan fingerprint density at radius 2 is 1.95 bits per heavy atom. The zero-order valence-corrected chi connectivity index (χ0v) is 12.1. The van der Waals surface area contributed by atoms with Crippen LogP contribution in [0.4, 0.5) is 0 Å². The highest BCUT2D eigenvalue weighted by Gasteiger charge is 2.27. The van der Waals surface area contributed by atoms with Gasteiger partial charge in [0, 0.05) is 11.1 Å². The zero-order valence-electron chi connectivity index (χ0n) is 12.1. The summed E-state index contributed by atoms with van der Waals surface area (Å²) in [7, 11) is 1.69. The third-order valence-corrected chi connectivity index (χ3v) is 3.93. The topological polar surface area (TPSA) is 44.5 Å². The molecule has 19 heavy (non-hydrogen) atoms. The lowest BCUT2D eigenvalue weighted by molar-refractivity contribution is 0.0564. The van der Waals surface area contributed by atoms with Gasteiger partial charge in [0.1, 0.15) is 5.75 Å². The highest BCUT2D eigenvalue weighted by atomic mass is 16.5. The Morgan fingerprint density at radius 3 is 2.63 bits per heavy atom. The Bertz CT molecular complexity index is 411. The van der Waals surface area contributed by atoms with Crippen LogP contribution in [0.15, 0.2) is 18.2 Å². The van der Waals surface area contributed by atoms with Gasteiger partial charge in [0.15, 0.2) is 0 Å². The second-order valence-corrected chi connectivity index (χ2v) is 5.73. The number of benzene rings is 1. The molecule has 0 amide bonds. The van der Waals surface area contributed by atoms with Crippen molar-refractivity contribution < 1.29 is 9.47 Å². The van der Waals surface area contributed by atoms with Crippen molar-refractivity contribution in [1.82, 2.24) is 0 Å². The van der Waals surface area contributed by atoms with Crippen molar-refractivity contribution >= 4 is 0 Å². The molecule has 2 N–H and O–H groups in total. The van der Waals surface area contributed by atoms with E-state index in [2.05, 4.69) is 13.0 Å². The summed E-state index contributed by atoms with van der Waals surface area (Å²) in [5.41, 5.74) is 8.57. The van der Waals surface area contributed by atoms with Gasteiger partial charge >= 0.3 is 0 Å². The second kappa shape index (κ2) is 6.40. The van der Waals surface area contributed by atoms with Gasteiger partial charge in [-0.25, -0.2) is 0 Å². The third-order valence-electron chi connectivity index (χ3n) is 3.93. The van der Waals surface area contributed by atoms with Crippen molar-refractivity contribution in [1.29, 1.82) is 0 Å². The van der Waals surface area contributed by atoms with E-state index in [4.69, 9.17) is 15.2 Å². The molecule has 1 aromatic carbocycles. The molecule has 3 heteroatoms. The SMILES string of the molecule is COc1ccc(C)cc1COCC1(N)CCCCC1. The van der Waals surface area contributed by atoms with E-state index in [1.165, 1.54) is 24.8 Å². The number of hydrogen-bond acceptors (Lipinski definition) is 3. The maximum atomic E-state index is 6.37. The lowest BCUT2D eigenvalue weighted by Crippen LogP contribution is -2.46. The van der Waals surface area contributed by atoms with E-state index in [0.717, 1.165) is 24.2 Å². The number of aryl methyl sites for hydroxylation is 1. The summed E-state index contributed by atoms with van der Waals surface area (Å²) < 4.78 is 11.2. The molecule has 0 aromatic heterocycles. The predicted octanol–water partition coefficient (Wildman–Crippen LogP) is 3.18. The average molecular weight is 263 g/mol. The Hall–Kier alpha value is -1.06. The number of methoxy groups -OCH3 is 1. The maximum Gasteiger partial charge on any atom is 0.124 e. The molecule has 1 aliphatic rings. The van der Waals surface area contributed by atoms with Crippen molar-refractivity contribution in [2.24, 2.45) is 5.73 Å². The summed E-state index contributed by atoms with van der Waals surface area (Å²) in [6.45, 7) is 3.29. The third kappa shape index (κ3) is 3.95. The van der Waals surface area contributed by atoms with Gasteiger partial charge in [0.2, 0.25) is 0 Å². The molecule has 0 spiro atoms. The van der Waals surface area contributed by atoms with Crippen LogP contribution in [0.2, 0.25) is 0 Å². The van der Waals surface area contributed by atoms with Gasteiger partial charge in [-0.2, -0.15) is 0 Å². The first-order valence-corrected chi connectivity index (χ1v) is 7.13.